The van der Waals surface area contributed by atoms with Crippen LogP contribution >= 0.6 is 11.3 Å². The summed E-state index contributed by atoms with van der Waals surface area (Å²) in [5.74, 6) is -0.919. The number of anilines is 1. The summed E-state index contributed by atoms with van der Waals surface area (Å²) in [7, 11) is 0. The molecule has 1 N–H and O–H groups in total. The number of hydrogen-bond acceptors (Lipinski definition) is 4. The van der Waals surface area contributed by atoms with Crippen LogP contribution in [0.25, 0.3) is 11.3 Å². The molecule has 0 atom stereocenters. The Morgan fingerprint density at radius 3 is 2.52 bits per heavy atom. The highest BCUT2D eigenvalue weighted by Crippen LogP contribution is 2.34. The van der Waals surface area contributed by atoms with E-state index in [0.29, 0.717) is 16.6 Å². The van der Waals surface area contributed by atoms with E-state index in [1.54, 1.807) is 0 Å². The van der Waals surface area contributed by atoms with Crippen LogP contribution in [0, 0.1) is 0 Å². The van der Waals surface area contributed by atoms with Gasteiger partial charge < -0.3 is 10.0 Å². The lowest BCUT2D eigenvalue weighted by Gasteiger charge is -2.25. The number of rotatable bonds is 6. The van der Waals surface area contributed by atoms with Crippen LogP contribution < -0.4 is 4.90 Å². The topological polar surface area (TPSA) is 53.4 Å². The number of benzene rings is 1. The summed E-state index contributed by atoms with van der Waals surface area (Å²) in [6.07, 6.45) is 1.00. The van der Waals surface area contributed by atoms with Crippen LogP contribution in [0.5, 0.6) is 0 Å². The molecular weight excluding hydrogens is 284 g/mol. The average molecular weight is 304 g/mol. The second kappa shape index (κ2) is 6.72. The molecule has 0 aliphatic heterocycles. The third-order valence-corrected chi connectivity index (χ3v) is 4.27. The molecule has 0 spiro atoms. The lowest BCUT2D eigenvalue weighted by molar-refractivity contribution is 0.0702. The monoisotopic (exact) mass is 304 g/mol. The number of carboxylic acids is 1. The molecule has 1 heterocycles. The van der Waals surface area contributed by atoms with Gasteiger partial charge in [0.15, 0.2) is 5.13 Å². The zero-order valence-corrected chi connectivity index (χ0v) is 13.4. The first-order valence-electron chi connectivity index (χ1n) is 7.10. The molecule has 4 nitrogen and oxygen atoms in total. The Bertz CT molecular complexity index is 608. The molecule has 21 heavy (non-hydrogen) atoms. The zero-order chi connectivity index (χ0) is 15.4. The predicted octanol–water partition coefficient (Wildman–Crippen LogP) is 4.13. The van der Waals surface area contributed by atoms with Crippen LogP contribution in [0.1, 0.15) is 36.9 Å². The van der Waals surface area contributed by atoms with Crippen LogP contribution in [-0.2, 0) is 0 Å². The Kier molecular flexibility index (Phi) is 4.96. The fourth-order valence-electron chi connectivity index (χ4n) is 2.18. The molecule has 0 amide bonds. The molecule has 0 bridgehead atoms. The van der Waals surface area contributed by atoms with Gasteiger partial charge in [0.25, 0.3) is 0 Å². The van der Waals surface area contributed by atoms with Crippen LogP contribution in [0.2, 0.25) is 0 Å². The maximum absolute atomic E-state index is 11.5. The van der Waals surface area contributed by atoms with Crippen molar-refractivity contribution in [3.63, 3.8) is 0 Å². The summed E-state index contributed by atoms with van der Waals surface area (Å²) in [5, 5.41) is 10.2. The molecule has 0 aliphatic carbocycles. The summed E-state index contributed by atoms with van der Waals surface area (Å²) in [4.78, 5) is 18.6. The molecule has 0 saturated carbocycles. The third-order valence-electron chi connectivity index (χ3n) is 3.19. The van der Waals surface area contributed by atoms with Gasteiger partial charge in [0, 0.05) is 18.2 Å². The first-order valence-corrected chi connectivity index (χ1v) is 7.92. The normalized spacial score (nSPS) is 10.9. The Hall–Kier alpha value is -1.88. The van der Waals surface area contributed by atoms with Gasteiger partial charge in [0.05, 0.1) is 5.69 Å². The van der Waals surface area contributed by atoms with Crippen molar-refractivity contribution in [1.29, 1.82) is 0 Å². The first kappa shape index (κ1) is 15.5. The van der Waals surface area contributed by atoms with Gasteiger partial charge in [-0.3, -0.25) is 0 Å². The van der Waals surface area contributed by atoms with Crippen molar-refractivity contribution in [1.82, 2.24) is 4.98 Å². The smallest absolute Gasteiger partial charge is 0.348 e. The highest BCUT2D eigenvalue weighted by atomic mass is 32.1. The lowest BCUT2D eigenvalue weighted by atomic mass is 10.1. The number of aromatic nitrogens is 1. The summed E-state index contributed by atoms with van der Waals surface area (Å²) in [6, 6.07) is 9.78. The van der Waals surface area contributed by atoms with Crippen LogP contribution in [0.4, 0.5) is 5.13 Å². The number of carboxylic acid groups (broad SMARTS) is 1. The first-order chi connectivity index (χ1) is 10.0. The van der Waals surface area contributed by atoms with Gasteiger partial charge in [-0.05, 0) is 20.3 Å². The summed E-state index contributed by atoms with van der Waals surface area (Å²) in [5.41, 5.74) is 1.41. The van der Waals surface area contributed by atoms with E-state index in [4.69, 9.17) is 0 Å². The molecule has 0 saturated heterocycles. The van der Waals surface area contributed by atoms with E-state index < -0.39 is 5.97 Å². The van der Waals surface area contributed by atoms with Crippen LogP contribution in [0.3, 0.4) is 0 Å². The Labute approximate surface area is 129 Å². The van der Waals surface area contributed by atoms with E-state index in [1.165, 1.54) is 11.3 Å². The van der Waals surface area contributed by atoms with Gasteiger partial charge in [-0.1, -0.05) is 48.6 Å². The molecule has 2 rings (SSSR count). The number of thiazole rings is 1. The predicted molar refractivity (Wildman–Crippen MR) is 87.3 cm³/mol. The maximum Gasteiger partial charge on any atom is 0.348 e. The summed E-state index contributed by atoms with van der Waals surface area (Å²) < 4.78 is 0. The van der Waals surface area contributed by atoms with Gasteiger partial charge >= 0.3 is 5.97 Å². The van der Waals surface area contributed by atoms with E-state index >= 15 is 0 Å². The molecule has 0 unspecified atom stereocenters. The number of carbonyl (C=O) groups is 1. The highest BCUT2D eigenvalue weighted by molar-refractivity contribution is 7.17. The van der Waals surface area contributed by atoms with Crippen molar-refractivity contribution < 1.29 is 9.90 Å². The minimum Gasteiger partial charge on any atom is -0.477 e. The van der Waals surface area contributed by atoms with E-state index in [2.05, 4.69) is 30.7 Å². The molecule has 0 aliphatic rings. The molecule has 0 fully saturated rings. The Morgan fingerprint density at radius 2 is 2.00 bits per heavy atom. The highest BCUT2D eigenvalue weighted by Gasteiger charge is 2.22. The fraction of sp³-hybridized carbons (Fsp3) is 0.375. The second-order valence-corrected chi connectivity index (χ2v) is 6.11. The quantitative estimate of drug-likeness (QED) is 0.871. The lowest BCUT2D eigenvalue weighted by Crippen LogP contribution is -2.31. The van der Waals surface area contributed by atoms with E-state index in [-0.39, 0.29) is 0 Å². The number of aromatic carboxylic acids is 1. The van der Waals surface area contributed by atoms with Gasteiger partial charge in [0.1, 0.15) is 4.88 Å². The Morgan fingerprint density at radius 1 is 1.33 bits per heavy atom. The minimum atomic E-state index is -0.919. The molecule has 1 aromatic carbocycles. The van der Waals surface area contributed by atoms with Gasteiger partial charge in [-0.15, -0.1) is 0 Å². The van der Waals surface area contributed by atoms with E-state index in [0.717, 1.165) is 23.7 Å². The van der Waals surface area contributed by atoms with Gasteiger partial charge in [-0.2, -0.15) is 0 Å². The maximum atomic E-state index is 11.5. The summed E-state index contributed by atoms with van der Waals surface area (Å²) in [6.45, 7) is 7.18. The average Bonchev–Trinajstić information content (AvgIpc) is 2.90. The standard InChI is InChI=1S/C16H20N2O2S/c1-4-10-18(11(2)3)16-17-13(14(21-16)15(19)20)12-8-6-5-7-9-12/h5-9,11H,4,10H2,1-3H3,(H,19,20). The molecule has 1 aromatic heterocycles. The van der Waals surface area contributed by atoms with Crippen LogP contribution in [0.15, 0.2) is 30.3 Å². The van der Waals surface area contributed by atoms with Crippen molar-refractivity contribution in [2.24, 2.45) is 0 Å². The van der Waals surface area contributed by atoms with Crippen molar-refractivity contribution in [3.8, 4) is 11.3 Å². The molecule has 0 radical (unpaired) electrons. The SMILES string of the molecule is CCCN(c1nc(-c2ccccc2)c(C(=O)O)s1)C(C)C. The molecule has 2 aromatic rings. The van der Waals surface area contributed by atoms with E-state index in [1.807, 2.05) is 30.3 Å². The zero-order valence-electron chi connectivity index (χ0n) is 12.5. The van der Waals surface area contributed by atoms with Crippen molar-refractivity contribution >= 4 is 22.4 Å². The summed E-state index contributed by atoms with van der Waals surface area (Å²) >= 11 is 1.25. The number of hydrogen-bond donors (Lipinski definition) is 1. The Balaban J connectivity index is 2.49. The largest absolute Gasteiger partial charge is 0.477 e. The minimum absolute atomic E-state index is 0.293. The fourth-order valence-corrected chi connectivity index (χ4v) is 3.27. The third kappa shape index (κ3) is 3.42. The van der Waals surface area contributed by atoms with E-state index in [9.17, 15) is 9.90 Å². The van der Waals surface area contributed by atoms with Gasteiger partial charge in [-0.25, -0.2) is 9.78 Å². The molecule has 5 heteroatoms. The van der Waals surface area contributed by atoms with Crippen LogP contribution in [-0.4, -0.2) is 28.6 Å². The van der Waals surface area contributed by atoms with Crippen molar-refractivity contribution in [2.75, 3.05) is 11.4 Å². The van der Waals surface area contributed by atoms with Crippen molar-refractivity contribution in [2.45, 2.75) is 33.2 Å². The number of nitrogens with zero attached hydrogens (tertiary/aromatic N) is 2. The van der Waals surface area contributed by atoms with Gasteiger partial charge in [0.2, 0.25) is 0 Å². The second-order valence-electron chi connectivity index (χ2n) is 5.13. The molecular formula is C16H20N2O2S. The van der Waals surface area contributed by atoms with Crippen molar-refractivity contribution in [3.05, 3.63) is 35.2 Å². The molecule has 112 valence electrons.